The van der Waals surface area contributed by atoms with Crippen molar-refractivity contribution in [2.75, 3.05) is 9.96 Å². The number of amides is 2. The van der Waals surface area contributed by atoms with E-state index in [1.54, 1.807) is 30.3 Å². The van der Waals surface area contributed by atoms with Crippen molar-refractivity contribution in [2.24, 2.45) is 5.92 Å². The molecule has 33 heavy (non-hydrogen) atoms. The molecule has 0 spiro atoms. The topological polar surface area (TPSA) is 93.0 Å². The van der Waals surface area contributed by atoms with Gasteiger partial charge in [-0.2, -0.15) is 0 Å². The van der Waals surface area contributed by atoms with Crippen LogP contribution in [-0.2, 0) is 14.4 Å². The Labute approximate surface area is 203 Å². The maximum absolute atomic E-state index is 13.7. The summed E-state index contributed by atoms with van der Waals surface area (Å²) in [6.45, 7) is 1.85. The summed E-state index contributed by atoms with van der Waals surface area (Å²) < 4.78 is 0.995. The molecule has 0 aromatic heterocycles. The molecule has 0 saturated carbocycles. The Balaban J connectivity index is 1.61. The number of non-ortho nitro benzene ring substituents is 1. The van der Waals surface area contributed by atoms with E-state index in [-0.39, 0.29) is 11.6 Å². The van der Waals surface area contributed by atoms with Crippen molar-refractivity contribution in [3.8, 4) is 0 Å². The van der Waals surface area contributed by atoms with Gasteiger partial charge in [-0.3, -0.25) is 24.5 Å². The first-order valence-corrected chi connectivity index (χ1v) is 11.3. The number of nitrogens with zero attached hydrogens (tertiary/aromatic N) is 3. The Kier molecular flexibility index (Phi) is 5.37. The third-order valence-corrected chi connectivity index (χ3v) is 6.62. The fourth-order valence-electron chi connectivity index (χ4n) is 4.48. The number of anilines is 2. The SMILES string of the molecule is Cc1cc(I)ccc1N1C(=O)C2ON(c3ccccc3)C(c3cccc([N+](=O)[O-])c3)C2C1=O. The van der Waals surface area contributed by atoms with Gasteiger partial charge in [0.15, 0.2) is 6.10 Å². The molecule has 2 amide bonds. The monoisotopic (exact) mass is 555 g/mol. The van der Waals surface area contributed by atoms with Gasteiger partial charge in [0.05, 0.1) is 22.3 Å². The van der Waals surface area contributed by atoms with E-state index in [0.29, 0.717) is 16.9 Å². The molecule has 5 rings (SSSR count). The van der Waals surface area contributed by atoms with E-state index in [2.05, 4.69) is 22.6 Å². The van der Waals surface area contributed by atoms with Gasteiger partial charge in [0.1, 0.15) is 5.92 Å². The van der Waals surface area contributed by atoms with Crippen molar-refractivity contribution in [3.63, 3.8) is 0 Å². The van der Waals surface area contributed by atoms with Gasteiger partial charge in [0.25, 0.3) is 11.6 Å². The van der Waals surface area contributed by atoms with Crippen LogP contribution in [0.2, 0.25) is 0 Å². The van der Waals surface area contributed by atoms with Gasteiger partial charge in [-0.15, -0.1) is 0 Å². The van der Waals surface area contributed by atoms with Gasteiger partial charge < -0.3 is 0 Å². The minimum Gasteiger partial charge on any atom is -0.273 e. The van der Waals surface area contributed by atoms with E-state index in [1.807, 2.05) is 37.3 Å². The third kappa shape index (κ3) is 3.57. The van der Waals surface area contributed by atoms with Crippen LogP contribution in [0.5, 0.6) is 0 Å². The zero-order valence-corrected chi connectivity index (χ0v) is 19.6. The van der Waals surface area contributed by atoms with Gasteiger partial charge in [-0.1, -0.05) is 30.3 Å². The molecule has 0 bridgehead atoms. The second kappa shape index (κ2) is 8.23. The highest BCUT2D eigenvalue weighted by molar-refractivity contribution is 14.1. The molecule has 2 heterocycles. The number of nitro benzene ring substituents is 1. The van der Waals surface area contributed by atoms with Crippen molar-refractivity contribution >= 4 is 51.5 Å². The summed E-state index contributed by atoms with van der Waals surface area (Å²) in [4.78, 5) is 45.3. The highest BCUT2D eigenvalue weighted by Gasteiger charge is 2.60. The first-order chi connectivity index (χ1) is 15.9. The molecular formula is C24H18IN3O5. The number of nitro groups is 1. The number of benzene rings is 3. The number of hydrogen-bond donors (Lipinski definition) is 0. The Morgan fingerprint density at radius 2 is 1.73 bits per heavy atom. The molecule has 3 unspecified atom stereocenters. The zero-order chi connectivity index (χ0) is 23.3. The first-order valence-electron chi connectivity index (χ1n) is 10.3. The van der Waals surface area contributed by atoms with E-state index < -0.39 is 28.9 Å². The van der Waals surface area contributed by atoms with E-state index in [0.717, 1.165) is 9.13 Å². The molecule has 2 aliphatic rings. The van der Waals surface area contributed by atoms with E-state index in [1.165, 1.54) is 22.1 Å². The second-order valence-electron chi connectivity index (χ2n) is 7.95. The van der Waals surface area contributed by atoms with Crippen LogP contribution in [0.25, 0.3) is 0 Å². The van der Waals surface area contributed by atoms with E-state index >= 15 is 0 Å². The minimum atomic E-state index is -1.03. The van der Waals surface area contributed by atoms with Crippen LogP contribution in [0.3, 0.4) is 0 Å². The summed E-state index contributed by atoms with van der Waals surface area (Å²) in [7, 11) is 0. The number of fused-ring (bicyclic) bond motifs is 1. The van der Waals surface area contributed by atoms with Crippen LogP contribution in [-0.4, -0.2) is 22.8 Å². The number of halogens is 1. The van der Waals surface area contributed by atoms with Gasteiger partial charge >= 0.3 is 0 Å². The third-order valence-electron chi connectivity index (χ3n) is 5.95. The molecule has 2 aliphatic heterocycles. The highest BCUT2D eigenvalue weighted by Crippen LogP contribution is 2.48. The van der Waals surface area contributed by atoms with Crippen molar-refractivity contribution in [1.82, 2.24) is 0 Å². The lowest BCUT2D eigenvalue weighted by Crippen LogP contribution is -2.37. The number of carbonyl (C=O) groups is 2. The van der Waals surface area contributed by atoms with Crippen LogP contribution in [0, 0.1) is 26.5 Å². The van der Waals surface area contributed by atoms with Gasteiger partial charge in [0, 0.05) is 15.7 Å². The Hall–Kier alpha value is -3.31. The molecule has 2 saturated heterocycles. The van der Waals surface area contributed by atoms with Crippen LogP contribution in [0.15, 0.2) is 72.8 Å². The molecule has 2 fully saturated rings. The highest BCUT2D eigenvalue weighted by atomic mass is 127. The fraction of sp³-hybridized carbons (Fsp3) is 0.167. The number of imide groups is 1. The van der Waals surface area contributed by atoms with Crippen molar-refractivity contribution in [2.45, 2.75) is 19.1 Å². The summed E-state index contributed by atoms with van der Waals surface area (Å²) >= 11 is 2.18. The average Bonchev–Trinajstić information content (AvgIpc) is 3.31. The van der Waals surface area contributed by atoms with Gasteiger partial charge in [-0.05, 0) is 71.0 Å². The molecule has 3 aromatic rings. The number of hydrogen-bond acceptors (Lipinski definition) is 6. The Morgan fingerprint density at radius 1 is 0.970 bits per heavy atom. The molecule has 3 atom stereocenters. The van der Waals surface area contributed by atoms with Crippen molar-refractivity contribution < 1.29 is 19.3 Å². The first kappa shape index (κ1) is 21.5. The molecule has 9 heteroatoms. The summed E-state index contributed by atoms with van der Waals surface area (Å²) in [5.41, 5.74) is 2.41. The van der Waals surface area contributed by atoms with Crippen LogP contribution >= 0.6 is 22.6 Å². The summed E-state index contributed by atoms with van der Waals surface area (Å²) in [5.74, 6) is -1.68. The van der Waals surface area contributed by atoms with Crippen LogP contribution < -0.4 is 9.96 Å². The van der Waals surface area contributed by atoms with Crippen LogP contribution in [0.1, 0.15) is 17.2 Å². The largest absolute Gasteiger partial charge is 0.273 e. The molecule has 0 aliphatic carbocycles. The zero-order valence-electron chi connectivity index (χ0n) is 17.4. The molecule has 3 aromatic carbocycles. The molecule has 0 N–H and O–H groups in total. The molecule has 166 valence electrons. The normalized spacial score (nSPS) is 22.1. The number of aryl methyl sites for hydroxylation is 1. The summed E-state index contributed by atoms with van der Waals surface area (Å²) in [6, 6.07) is 20.0. The number of carbonyl (C=O) groups excluding carboxylic acids is 2. The number of rotatable bonds is 4. The quantitative estimate of drug-likeness (QED) is 0.203. The Bertz CT molecular complexity index is 1280. The van der Waals surface area contributed by atoms with Gasteiger partial charge in [0.2, 0.25) is 5.91 Å². The second-order valence-corrected chi connectivity index (χ2v) is 9.20. The number of para-hydroxylation sites is 1. The maximum atomic E-state index is 13.7. The Morgan fingerprint density at radius 3 is 2.42 bits per heavy atom. The molecular weight excluding hydrogens is 537 g/mol. The number of hydroxylamine groups is 1. The lowest BCUT2D eigenvalue weighted by molar-refractivity contribution is -0.384. The standard InChI is InChI=1S/C24H18IN3O5/c1-14-12-16(25)10-11-19(14)26-23(29)20-21(15-6-5-9-18(13-15)28(31)32)27(33-22(20)24(26)30)17-7-3-2-4-8-17/h2-13,20-22H,1H3. The van der Waals surface area contributed by atoms with Crippen molar-refractivity contribution in [1.29, 1.82) is 0 Å². The predicted molar refractivity (Wildman–Crippen MR) is 130 cm³/mol. The van der Waals surface area contributed by atoms with Crippen molar-refractivity contribution in [3.05, 3.63) is 97.6 Å². The van der Waals surface area contributed by atoms with Crippen LogP contribution in [0.4, 0.5) is 17.1 Å². The lowest BCUT2D eigenvalue weighted by Gasteiger charge is -2.29. The summed E-state index contributed by atoms with van der Waals surface area (Å²) in [6.07, 6.45) is -1.03. The minimum absolute atomic E-state index is 0.0916. The predicted octanol–water partition coefficient (Wildman–Crippen LogP) is 4.56. The van der Waals surface area contributed by atoms with E-state index in [9.17, 15) is 19.7 Å². The fourth-order valence-corrected chi connectivity index (χ4v) is 5.13. The van der Waals surface area contributed by atoms with Gasteiger partial charge in [-0.25, -0.2) is 9.96 Å². The smallest absolute Gasteiger partial charge is 0.269 e. The lowest BCUT2D eigenvalue weighted by atomic mass is 9.90. The molecule has 0 radical (unpaired) electrons. The van der Waals surface area contributed by atoms with E-state index in [4.69, 9.17) is 4.84 Å². The summed E-state index contributed by atoms with van der Waals surface area (Å²) in [5, 5.41) is 12.9. The molecule has 8 nitrogen and oxygen atoms in total. The maximum Gasteiger partial charge on any atom is 0.269 e. The average molecular weight is 555 g/mol.